The topological polar surface area (TPSA) is 104 Å². The average Bonchev–Trinajstić information content (AvgIpc) is 3.22. The molecule has 1 aliphatic rings. The van der Waals surface area contributed by atoms with Crippen molar-refractivity contribution in [3.8, 4) is 0 Å². The Bertz CT molecular complexity index is 1530. The highest BCUT2D eigenvalue weighted by Crippen LogP contribution is 2.35. The lowest BCUT2D eigenvalue weighted by molar-refractivity contribution is 0.102. The zero-order chi connectivity index (χ0) is 25.5. The molecule has 1 N–H and O–H groups in total. The molecule has 12 heteroatoms. The summed E-state index contributed by atoms with van der Waals surface area (Å²) in [6.07, 6.45) is 1.57. The molecule has 8 nitrogen and oxygen atoms in total. The Kier molecular flexibility index (Phi) is 6.76. The number of fused-ring (bicyclic) bond motifs is 1. The first-order valence-corrected chi connectivity index (χ1v) is 14.4. The zero-order valence-corrected chi connectivity index (χ0v) is 21.8. The summed E-state index contributed by atoms with van der Waals surface area (Å²) in [6.45, 7) is 0.274. The van der Waals surface area contributed by atoms with Crippen molar-refractivity contribution in [1.29, 1.82) is 0 Å². The molecule has 4 rings (SSSR count). The number of anilines is 3. The second kappa shape index (κ2) is 9.34. The summed E-state index contributed by atoms with van der Waals surface area (Å²) >= 11 is 12.0. The molecule has 0 atom stereocenters. The van der Waals surface area contributed by atoms with Crippen LogP contribution < -0.4 is 13.9 Å². The van der Waals surface area contributed by atoms with Gasteiger partial charge in [0.05, 0.1) is 27.5 Å². The number of halogens is 2. The van der Waals surface area contributed by atoms with Gasteiger partial charge in [0.25, 0.3) is 15.9 Å². The van der Waals surface area contributed by atoms with E-state index < -0.39 is 26.0 Å². The van der Waals surface area contributed by atoms with Gasteiger partial charge in [0, 0.05) is 29.9 Å². The van der Waals surface area contributed by atoms with Gasteiger partial charge in [0.2, 0.25) is 10.0 Å². The van der Waals surface area contributed by atoms with Crippen molar-refractivity contribution >= 4 is 66.2 Å². The van der Waals surface area contributed by atoms with Crippen LogP contribution in [0.1, 0.15) is 15.9 Å². The Morgan fingerprint density at radius 3 is 2.31 bits per heavy atom. The lowest BCUT2D eigenvalue weighted by Gasteiger charge is -2.20. The standard InChI is InChI=1S/C23H21Cl2N3O5S2/c1-27(34(2,30)31)22-13-16(4-10-20(22)25)23(29)26-18-7-3-15-11-12-28(21(15)14-18)35(32,33)19-8-5-17(24)6-9-19/h3-10,13-14H,11-12H2,1-2H3,(H,26,29). The van der Waals surface area contributed by atoms with Crippen molar-refractivity contribution in [2.75, 3.05) is 33.8 Å². The molecule has 0 fully saturated rings. The molecule has 3 aromatic rings. The number of hydrogen-bond donors (Lipinski definition) is 1. The van der Waals surface area contributed by atoms with Crippen molar-refractivity contribution in [1.82, 2.24) is 0 Å². The number of nitrogens with zero attached hydrogens (tertiary/aromatic N) is 2. The Hall–Kier alpha value is -2.79. The number of amides is 1. The third kappa shape index (κ3) is 5.11. The molecule has 1 amide bonds. The molecule has 0 aliphatic carbocycles. The lowest BCUT2D eigenvalue weighted by Crippen LogP contribution is -2.29. The predicted molar refractivity (Wildman–Crippen MR) is 139 cm³/mol. The minimum atomic E-state index is -3.82. The molecule has 0 unspecified atom stereocenters. The van der Waals surface area contributed by atoms with E-state index in [0.29, 0.717) is 22.8 Å². The van der Waals surface area contributed by atoms with Gasteiger partial charge in [0.1, 0.15) is 0 Å². The van der Waals surface area contributed by atoms with E-state index in [1.165, 1.54) is 53.8 Å². The normalized spacial score (nSPS) is 13.4. The summed E-state index contributed by atoms with van der Waals surface area (Å²) in [5.41, 5.74) is 2.05. The Balaban J connectivity index is 1.61. The number of nitrogens with one attached hydrogen (secondary N) is 1. The van der Waals surface area contributed by atoms with Gasteiger partial charge >= 0.3 is 0 Å². The quantitative estimate of drug-likeness (QED) is 0.487. The summed E-state index contributed by atoms with van der Waals surface area (Å²) in [6, 6.07) is 15.3. The maximum atomic E-state index is 13.2. The average molecular weight is 554 g/mol. The van der Waals surface area contributed by atoms with Gasteiger partial charge in [-0.1, -0.05) is 29.3 Å². The molecule has 184 valence electrons. The van der Waals surface area contributed by atoms with E-state index in [1.54, 1.807) is 18.2 Å². The van der Waals surface area contributed by atoms with Crippen molar-refractivity contribution < 1.29 is 21.6 Å². The number of hydrogen-bond acceptors (Lipinski definition) is 5. The minimum Gasteiger partial charge on any atom is -0.322 e. The molecule has 0 spiro atoms. The highest BCUT2D eigenvalue weighted by atomic mass is 35.5. The smallest absolute Gasteiger partial charge is 0.264 e. The number of rotatable bonds is 6. The molecule has 3 aromatic carbocycles. The predicted octanol–water partition coefficient (Wildman–Crippen LogP) is 4.39. The largest absolute Gasteiger partial charge is 0.322 e. The second-order valence-electron chi connectivity index (χ2n) is 7.98. The zero-order valence-electron chi connectivity index (χ0n) is 18.7. The van der Waals surface area contributed by atoms with Crippen LogP contribution >= 0.6 is 23.2 Å². The van der Waals surface area contributed by atoms with Crippen LogP contribution in [0.4, 0.5) is 17.1 Å². The molecule has 0 radical (unpaired) electrons. The summed E-state index contributed by atoms with van der Waals surface area (Å²) in [5.74, 6) is -0.505. The summed E-state index contributed by atoms with van der Waals surface area (Å²) in [7, 11) is -6.06. The van der Waals surface area contributed by atoms with Crippen molar-refractivity contribution in [2.24, 2.45) is 0 Å². The summed E-state index contributed by atoms with van der Waals surface area (Å²) in [4.78, 5) is 13.0. The highest BCUT2D eigenvalue weighted by molar-refractivity contribution is 7.93. The van der Waals surface area contributed by atoms with E-state index in [1.807, 2.05) is 0 Å². The van der Waals surface area contributed by atoms with Crippen LogP contribution in [-0.2, 0) is 26.5 Å². The first kappa shape index (κ1) is 25.3. The molecular formula is C23H21Cl2N3O5S2. The number of benzene rings is 3. The Labute approximate surface area is 214 Å². The maximum absolute atomic E-state index is 13.2. The lowest BCUT2D eigenvalue weighted by atomic mass is 10.1. The number of carbonyl (C=O) groups is 1. The SMILES string of the molecule is CN(c1cc(C(=O)Nc2ccc3c(c2)N(S(=O)(=O)c2ccc(Cl)cc2)CC3)ccc1Cl)S(C)(=O)=O. The molecule has 1 heterocycles. The van der Waals surface area contributed by atoms with E-state index in [-0.39, 0.29) is 27.7 Å². The molecule has 0 bridgehead atoms. The van der Waals surface area contributed by atoms with Gasteiger partial charge in [-0.15, -0.1) is 0 Å². The molecule has 1 aliphatic heterocycles. The summed E-state index contributed by atoms with van der Waals surface area (Å²) < 4.78 is 52.5. The van der Waals surface area contributed by atoms with E-state index in [0.717, 1.165) is 16.1 Å². The molecule has 0 saturated carbocycles. The van der Waals surface area contributed by atoms with Gasteiger partial charge in [-0.3, -0.25) is 13.4 Å². The number of carbonyl (C=O) groups excluding carboxylic acids is 1. The number of sulfonamides is 2. The van der Waals surface area contributed by atoms with Crippen molar-refractivity contribution in [3.63, 3.8) is 0 Å². The third-order valence-electron chi connectivity index (χ3n) is 5.64. The van der Waals surface area contributed by atoms with Gasteiger partial charge in [-0.05, 0) is 66.6 Å². The monoisotopic (exact) mass is 553 g/mol. The van der Waals surface area contributed by atoms with Crippen molar-refractivity contribution in [3.05, 3.63) is 81.8 Å². The molecular weight excluding hydrogens is 533 g/mol. The van der Waals surface area contributed by atoms with E-state index in [9.17, 15) is 21.6 Å². The van der Waals surface area contributed by atoms with Gasteiger partial charge < -0.3 is 5.32 Å². The van der Waals surface area contributed by atoms with Crippen LogP contribution in [0.3, 0.4) is 0 Å². The van der Waals surface area contributed by atoms with Gasteiger partial charge in [-0.2, -0.15) is 0 Å². The summed E-state index contributed by atoms with van der Waals surface area (Å²) in [5, 5.41) is 3.35. The van der Waals surface area contributed by atoms with Crippen LogP contribution in [0.2, 0.25) is 10.0 Å². The van der Waals surface area contributed by atoms with Crippen LogP contribution in [0.25, 0.3) is 0 Å². The fourth-order valence-corrected chi connectivity index (χ4v) is 6.11. The highest BCUT2D eigenvalue weighted by Gasteiger charge is 2.31. The third-order valence-corrected chi connectivity index (χ3v) is 9.23. The fourth-order valence-electron chi connectivity index (χ4n) is 3.69. The van der Waals surface area contributed by atoms with E-state index in [4.69, 9.17) is 23.2 Å². The second-order valence-corrected chi connectivity index (χ2v) is 12.7. The molecule has 0 aromatic heterocycles. The van der Waals surface area contributed by atoms with Crippen molar-refractivity contribution in [2.45, 2.75) is 11.3 Å². The first-order valence-electron chi connectivity index (χ1n) is 10.3. The fraction of sp³-hybridized carbons (Fsp3) is 0.174. The van der Waals surface area contributed by atoms with Crippen LogP contribution in [0.15, 0.2) is 65.6 Å². The maximum Gasteiger partial charge on any atom is 0.264 e. The molecule has 35 heavy (non-hydrogen) atoms. The Morgan fingerprint density at radius 1 is 0.971 bits per heavy atom. The van der Waals surface area contributed by atoms with Crippen LogP contribution in [-0.4, -0.2) is 42.6 Å². The first-order chi connectivity index (χ1) is 16.4. The van der Waals surface area contributed by atoms with Crippen LogP contribution in [0.5, 0.6) is 0 Å². The minimum absolute atomic E-state index is 0.118. The molecule has 0 saturated heterocycles. The van der Waals surface area contributed by atoms with E-state index >= 15 is 0 Å². The van der Waals surface area contributed by atoms with E-state index in [2.05, 4.69) is 5.32 Å². The van der Waals surface area contributed by atoms with Gasteiger partial charge in [0.15, 0.2) is 0 Å². The van der Waals surface area contributed by atoms with Gasteiger partial charge in [-0.25, -0.2) is 16.8 Å². The Morgan fingerprint density at radius 2 is 1.66 bits per heavy atom. The van der Waals surface area contributed by atoms with Crippen LogP contribution in [0, 0.1) is 0 Å².